The maximum Gasteiger partial charge on any atom is 0.229 e. The monoisotopic (exact) mass is 697 g/mol. The molecule has 1 aliphatic heterocycles. The third kappa shape index (κ3) is 6.53. The molecule has 1 fully saturated rings. The molecule has 0 unspecified atom stereocenters. The van der Waals surface area contributed by atoms with Gasteiger partial charge in [0.05, 0.1) is 11.7 Å². The summed E-state index contributed by atoms with van der Waals surface area (Å²) in [6, 6.07) is 46.4. The van der Waals surface area contributed by atoms with Crippen molar-refractivity contribution in [2.75, 3.05) is 41.3 Å². The number of aromatic nitrogens is 4. The van der Waals surface area contributed by atoms with E-state index in [9.17, 15) is 4.79 Å². The van der Waals surface area contributed by atoms with Gasteiger partial charge >= 0.3 is 0 Å². The van der Waals surface area contributed by atoms with E-state index in [1.807, 2.05) is 39.1 Å². The van der Waals surface area contributed by atoms with Gasteiger partial charge in [-0.25, -0.2) is 9.97 Å². The molecule has 8 rings (SSSR count). The first-order valence-electron chi connectivity index (χ1n) is 18.2. The zero-order valence-corrected chi connectivity index (χ0v) is 30.4. The summed E-state index contributed by atoms with van der Waals surface area (Å²) in [6.07, 6.45) is 5.79. The summed E-state index contributed by atoms with van der Waals surface area (Å²) in [6.45, 7) is 9.04. The van der Waals surface area contributed by atoms with Crippen LogP contribution in [0.15, 0.2) is 152 Å². The van der Waals surface area contributed by atoms with Gasteiger partial charge in [0.25, 0.3) is 0 Å². The summed E-state index contributed by atoms with van der Waals surface area (Å²) >= 11 is 0. The van der Waals surface area contributed by atoms with Crippen molar-refractivity contribution in [1.82, 2.24) is 19.7 Å². The number of nitrogens with one attached hydrogen (secondary N) is 1. The quantitative estimate of drug-likeness (QED) is 0.160. The predicted molar refractivity (Wildman–Crippen MR) is 214 cm³/mol. The number of amides is 1. The highest BCUT2D eigenvalue weighted by Crippen LogP contribution is 2.41. The lowest BCUT2D eigenvalue weighted by atomic mass is 9.77. The summed E-state index contributed by atoms with van der Waals surface area (Å²) in [5.74, 6) is 0.937. The normalized spacial score (nSPS) is 13.6. The second-order valence-corrected chi connectivity index (χ2v) is 14.6. The lowest BCUT2D eigenvalue weighted by Gasteiger charge is -2.37. The van der Waals surface area contributed by atoms with Crippen molar-refractivity contribution in [3.8, 4) is 11.1 Å². The van der Waals surface area contributed by atoms with Crippen LogP contribution in [-0.2, 0) is 10.3 Å². The number of fused-ring (bicyclic) bond motifs is 1. The van der Waals surface area contributed by atoms with E-state index in [-0.39, 0.29) is 5.91 Å². The molecular weight excluding hydrogens is 655 g/mol. The summed E-state index contributed by atoms with van der Waals surface area (Å²) in [5.41, 5.74) is 7.11. The molecule has 53 heavy (non-hydrogen) atoms. The molecule has 1 saturated heterocycles. The predicted octanol–water partition coefficient (Wildman–Crippen LogP) is 8.64. The Morgan fingerprint density at radius 3 is 1.85 bits per heavy atom. The number of nitrogens with zero attached hydrogens (tertiary/aromatic N) is 6. The fourth-order valence-electron chi connectivity index (χ4n) is 7.34. The van der Waals surface area contributed by atoms with E-state index in [1.165, 1.54) is 0 Å². The van der Waals surface area contributed by atoms with Gasteiger partial charge in [0, 0.05) is 60.1 Å². The Bertz CT molecular complexity index is 2250. The fourth-order valence-corrected chi connectivity index (χ4v) is 7.34. The van der Waals surface area contributed by atoms with Gasteiger partial charge < -0.3 is 15.1 Å². The topological polar surface area (TPSA) is 79.2 Å². The van der Waals surface area contributed by atoms with E-state index in [0.29, 0.717) is 0 Å². The Hall–Kier alpha value is -6.28. The number of carbonyl (C=O) groups is 1. The SMILES string of the molecule is CC(C)(C)C(=O)Nc1cccc(N2CCN(c3ncnc4ccc(-c5cnn(C(c6ccccc6)(c6ccccc6)c6ccccc6)c5)cc34)CC2)c1. The molecule has 0 saturated carbocycles. The number of piperazine rings is 1. The standard InChI is InChI=1S/C45H43N7O/c1-44(2,3)43(53)49-38-20-13-21-39(29-38)50-24-26-51(27-25-50)42-40-28-33(22-23-41(40)46-32-47-42)34-30-48-52(31-34)45(35-14-7-4-8-15-35,36-16-9-5-10-17-36)37-18-11-6-12-19-37/h4-23,28-32H,24-27H2,1-3H3,(H,49,53). The number of rotatable bonds is 8. The van der Waals surface area contributed by atoms with E-state index in [1.54, 1.807) is 6.33 Å². The molecule has 0 aliphatic carbocycles. The van der Waals surface area contributed by atoms with Crippen LogP contribution in [0.5, 0.6) is 0 Å². The molecule has 1 amide bonds. The molecule has 2 aromatic heterocycles. The third-order valence-corrected chi connectivity index (χ3v) is 10.2. The lowest BCUT2D eigenvalue weighted by molar-refractivity contribution is -0.123. The molecule has 8 nitrogen and oxygen atoms in total. The van der Waals surface area contributed by atoms with Crippen molar-refractivity contribution in [3.63, 3.8) is 0 Å². The van der Waals surface area contributed by atoms with Crippen molar-refractivity contribution in [1.29, 1.82) is 0 Å². The van der Waals surface area contributed by atoms with Crippen LogP contribution in [0.25, 0.3) is 22.0 Å². The van der Waals surface area contributed by atoms with Crippen LogP contribution in [0.3, 0.4) is 0 Å². The highest BCUT2D eigenvalue weighted by molar-refractivity contribution is 5.95. The highest BCUT2D eigenvalue weighted by atomic mass is 16.2. The van der Waals surface area contributed by atoms with E-state index in [2.05, 4.69) is 152 Å². The maximum atomic E-state index is 12.6. The Labute approximate surface area is 310 Å². The molecule has 0 bridgehead atoms. The van der Waals surface area contributed by atoms with Gasteiger partial charge in [-0.1, -0.05) is 124 Å². The van der Waals surface area contributed by atoms with Crippen LogP contribution in [-0.4, -0.2) is 51.8 Å². The van der Waals surface area contributed by atoms with Gasteiger partial charge in [-0.15, -0.1) is 0 Å². The number of hydrogen-bond donors (Lipinski definition) is 1. The second kappa shape index (κ2) is 14.0. The number of benzene rings is 5. The van der Waals surface area contributed by atoms with Crippen LogP contribution >= 0.6 is 0 Å². The molecule has 0 spiro atoms. The minimum absolute atomic E-state index is 0.00438. The van der Waals surface area contributed by atoms with E-state index in [4.69, 9.17) is 10.1 Å². The van der Waals surface area contributed by atoms with Crippen molar-refractivity contribution >= 4 is 34.0 Å². The van der Waals surface area contributed by atoms with Crippen molar-refractivity contribution in [3.05, 3.63) is 169 Å². The maximum absolute atomic E-state index is 12.6. The average molecular weight is 698 g/mol. The zero-order valence-electron chi connectivity index (χ0n) is 30.4. The Kier molecular flexibility index (Phi) is 8.96. The minimum Gasteiger partial charge on any atom is -0.368 e. The molecular formula is C45H43N7O. The Morgan fingerprint density at radius 2 is 1.25 bits per heavy atom. The lowest BCUT2D eigenvalue weighted by Crippen LogP contribution is -2.47. The molecule has 8 heteroatoms. The Balaban J connectivity index is 1.10. The first-order chi connectivity index (χ1) is 25.8. The van der Waals surface area contributed by atoms with Gasteiger partial charge in [-0.05, 0) is 52.6 Å². The van der Waals surface area contributed by atoms with E-state index in [0.717, 1.165) is 82.1 Å². The van der Waals surface area contributed by atoms with Gasteiger partial charge in [0.2, 0.25) is 5.91 Å². The van der Waals surface area contributed by atoms with Gasteiger partial charge in [-0.3, -0.25) is 9.48 Å². The minimum atomic E-state index is -0.690. The van der Waals surface area contributed by atoms with Crippen LogP contribution in [0.4, 0.5) is 17.2 Å². The zero-order chi connectivity index (χ0) is 36.4. The largest absolute Gasteiger partial charge is 0.368 e. The van der Waals surface area contributed by atoms with Crippen LogP contribution in [0.1, 0.15) is 37.5 Å². The highest BCUT2D eigenvalue weighted by Gasteiger charge is 2.39. The second-order valence-electron chi connectivity index (χ2n) is 14.6. The van der Waals surface area contributed by atoms with Crippen molar-refractivity contribution in [2.45, 2.75) is 26.3 Å². The molecule has 3 heterocycles. The van der Waals surface area contributed by atoms with Crippen LogP contribution in [0, 0.1) is 5.41 Å². The van der Waals surface area contributed by atoms with E-state index >= 15 is 0 Å². The molecule has 1 aliphatic rings. The van der Waals surface area contributed by atoms with Crippen molar-refractivity contribution in [2.24, 2.45) is 5.41 Å². The van der Waals surface area contributed by atoms with Gasteiger partial charge in [0.1, 0.15) is 17.7 Å². The molecule has 0 atom stereocenters. The first-order valence-corrected chi connectivity index (χ1v) is 18.2. The first kappa shape index (κ1) is 33.8. The summed E-state index contributed by atoms with van der Waals surface area (Å²) in [7, 11) is 0. The number of anilines is 3. The molecule has 1 N–H and O–H groups in total. The molecule has 264 valence electrons. The summed E-state index contributed by atoms with van der Waals surface area (Å²) in [5, 5.41) is 9.19. The summed E-state index contributed by atoms with van der Waals surface area (Å²) < 4.78 is 2.11. The van der Waals surface area contributed by atoms with Gasteiger partial charge in [0.15, 0.2) is 0 Å². The van der Waals surface area contributed by atoms with Crippen LogP contribution < -0.4 is 15.1 Å². The third-order valence-electron chi connectivity index (χ3n) is 10.2. The van der Waals surface area contributed by atoms with E-state index < -0.39 is 11.0 Å². The van der Waals surface area contributed by atoms with Gasteiger partial charge in [-0.2, -0.15) is 5.10 Å². The van der Waals surface area contributed by atoms with Crippen molar-refractivity contribution < 1.29 is 4.79 Å². The Morgan fingerprint density at radius 1 is 0.642 bits per heavy atom. The molecule has 0 radical (unpaired) electrons. The number of carbonyl (C=O) groups excluding carboxylic acids is 1. The summed E-state index contributed by atoms with van der Waals surface area (Å²) in [4.78, 5) is 26.8. The smallest absolute Gasteiger partial charge is 0.229 e. The van der Waals surface area contributed by atoms with Crippen LogP contribution in [0.2, 0.25) is 0 Å². The number of hydrogen-bond acceptors (Lipinski definition) is 6. The average Bonchev–Trinajstić information content (AvgIpc) is 3.69. The molecule has 5 aromatic carbocycles. The molecule has 7 aromatic rings. The fraction of sp³-hybridized carbons (Fsp3) is 0.200.